The van der Waals surface area contributed by atoms with E-state index in [1.54, 1.807) is 28.4 Å². The number of imidazole rings is 1. The van der Waals surface area contributed by atoms with Crippen molar-refractivity contribution >= 4 is 5.65 Å². The second-order valence-electron chi connectivity index (χ2n) is 8.50. The monoisotopic (exact) mass is 471 g/mol. The van der Waals surface area contributed by atoms with Crippen molar-refractivity contribution < 1.29 is 9.13 Å². The SMILES string of the molecule is Cc1c(-c2cc(O[C@H](C)c3ccc(F)cn3)n3c(C#N)cnc3c2)nnn1[C@H]1CCCN(C#N)C1. The summed E-state index contributed by atoms with van der Waals surface area (Å²) in [5, 5.41) is 27.7. The van der Waals surface area contributed by atoms with Crippen LogP contribution in [0.4, 0.5) is 4.39 Å². The van der Waals surface area contributed by atoms with Gasteiger partial charge in [-0.05, 0) is 44.9 Å². The van der Waals surface area contributed by atoms with Crippen LogP contribution in [0.2, 0.25) is 0 Å². The molecule has 0 unspecified atom stereocenters. The maximum atomic E-state index is 13.3. The summed E-state index contributed by atoms with van der Waals surface area (Å²) in [4.78, 5) is 10.2. The number of fused-ring (bicyclic) bond motifs is 1. The molecule has 1 saturated heterocycles. The molecule has 0 amide bonds. The number of likely N-dealkylation sites (tertiary alicyclic amines) is 1. The highest BCUT2D eigenvalue weighted by Crippen LogP contribution is 2.32. The number of halogens is 1. The number of pyridine rings is 2. The van der Waals surface area contributed by atoms with Gasteiger partial charge in [-0.3, -0.25) is 9.38 Å². The molecule has 0 spiro atoms. The van der Waals surface area contributed by atoms with Gasteiger partial charge in [0.1, 0.15) is 35.0 Å². The molecule has 1 aliphatic heterocycles. The average Bonchev–Trinajstić information content (AvgIpc) is 3.47. The number of hydrogen-bond donors (Lipinski definition) is 0. The fourth-order valence-electron chi connectivity index (χ4n) is 4.45. The van der Waals surface area contributed by atoms with Gasteiger partial charge in [-0.1, -0.05) is 5.21 Å². The molecular weight excluding hydrogens is 449 g/mol. The predicted octanol–water partition coefficient (Wildman–Crippen LogP) is 3.56. The molecule has 0 saturated carbocycles. The molecule has 0 aromatic carbocycles. The maximum absolute atomic E-state index is 13.3. The lowest BCUT2D eigenvalue weighted by Gasteiger charge is -2.29. The lowest BCUT2D eigenvalue weighted by Crippen LogP contribution is -2.34. The first kappa shape index (κ1) is 22.3. The third-order valence-corrected chi connectivity index (χ3v) is 6.24. The standard InChI is InChI=1S/C24H22FN9O/c1-15-24(30-31-34(15)19-4-3-7-32(13-19)14-27)17-8-22-29-12-20(10-26)33(22)23(9-17)35-16(2)21-6-5-18(25)11-28-21/h5-6,8-9,11-12,16,19H,3-4,7,13H2,1-2H3/t16-,19+/m1/s1. The molecule has 35 heavy (non-hydrogen) atoms. The molecule has 176 valence electrons. The van der Waals surface area contributed by atoms with Crippen LogP contribution in [0.3, 0.4) is 0 Å². The van der Waals surface area contributed by atoms with Crippen LogP contribution < -0.4 is 4.74 Å². The van der Waals surface area contributed by atoms with Gasteiger partial charge >= 0.3 is 0 Å². The van der Waals surface area contributed by atoms with Crippen molar-refractivity contribution in [2.24, 2.45) is 0 Å². The van der Waals surface area contributed by atoms with E-state index in [4.69, 9.17) is 4.74 Å². The Morgan fingerprint density at radius 1 is 1.20 bits per heavy atom. The van der Waals surface area contributed by atoms with Crippen molar-refractivity contribution in [2.75, 3.05) is 13.1 Å². The highest BCUT2D eigenvalue weighted by Gasteiger charge is 2.25. The number of nitrogens with zero attached hydrogens (tertiary/aromatic N) is 9. The van der Waals surface area contributed by atoms with E-state index in [9.17, 15) is 14.9 Å². The van der Waals surface area contributed by atoms with E-state index >= 15 is 0 Å². The molecule has 11 heteroatoms. The van der Waals surface area contributed by atoms with Gasteiger partial charge < -0.3 is 9.64 Å². The number of ether oxygens (including phenoxy) is 1. The fourth-order valence-corrected chi connectivity index (χ4v) is 4.45. The number of hydrogen-bond acceptors (Lipinski definition) is 8. The fraction of sp³-hybridized carbons (Fsp3) is 0.333. The van der Waals surface area contributed by atoms with Crippen LogP contribution in [0, 0.1) is 35.5 Å². The van der Waals surface area contributed by atoms with Gasteiger partial charge in [0.05, 0.1) is 36.4 Å². The topological polar surface area (TPSA) is 121 Å². The molecule has 0 N–H and O–H groups in total. The van der Waals surface area contributed by atoms with Crippen LogP contribution in [0.1, 0.15) is 49.0 Å². The summed E-state index contributed by atoms with van der Waals surface area (Å²) in [6, 6.07) is 8.70. The van der Waals surface area contributed by atoms with Gasteiger partial charge in [0.25, 0.3) is 0 Å². The van der Waals surface area contributed by atoms with Crippen LogP contribution in [0.5, 0.6) is 5.88 Å². The van der Waals surface area contributed by atoms with Gasteiger partial charge in [0, 0.05) is 18.2 Å². The van der Waals surface area contributed by atoms with Crippen LogP contribution in [-0.2, 0) is 0 Å². The molecule has 4 aromatic heterocycles. The summed E-state index contributed by atoms with van der Waals surface area (Å²) in [6.45, 7) is 5.10. The molecule has 2 atom stereocenters. The van der Waals surface area contributed by atoms with E-state index < -0.39 is 11.9 Å². The third kappa shape index (κ3) is 4.13. The van der Waals surface area contributed by atoms with Crippen LogP contribution in [0.15, 0.2) is 36.7 Å². The largest absolute Gasteiger partial charge is 0.469 e. The lowest BCUT2D eigenvalue weighted by atomic mass is 10.1. The van der Waals surface area contributed by atoms with Crippen molar-refractivity contribution in [2.45, 2.75) is 38.8 Å². The van der Waals surface area contributed by atoms with E-state index in [1.165, 1.54) is 12.3 Å². The minimum absolute atomic E-state index is 0.0605. The van der Waals surface area contributed by atoms with E-state index in [1.807, 2.05) is 17.7 Å². The van der Waals surface area contributed by atoms with E-state index in [0.717, 1.165) is 36.8 Å². The zero-order chi connectivity index (χ0) is 24.5. The van der Waals surface area contributed by atoms with Crippen LogP contribution in [0.25, 0.3) is 16.9 Å². The Morgan fingerprint density at radius 3 is 2.80 bits per heavy atom. The van der Waals surface area contributed by atoms with Gasteiger partial charge in [-0.2, -0.15) is 10.5 Å². The second kappa shape index (κ2) is 9.03. The zero-order valence-corrected chi connectivity index (χ0v) is 19.3. The van der Waals surface area contributed by atoms with Crippen LogP contribution >= 0.6 is 0 Å². The van der Waals surface area contributed by atoms with E-state index in [-0.39, 0.29) is 6.04 Å². The Morgan fingerprint density at radius 2 is 2.06 bits per heavy atom. The molecule has 0 bridgehead atoms. The molecular formula is C24H22FN9O. The molecule has 0 aliphatic carbocycles. The van der Waals surface area contributed by atoms with Crippen molar-refractivity contribution in [3.8, 4) is 29.4 Å². The summed E-state index contributed by atoms with van der Waals surface area (Å²) in [5.74, 6) is -0.0476. The molecule has 1 aliphatic rings. The van der Waals surface area contributed by atoms with Gasteiger partial charge in [0.2, 0.25) is 5.88 Å². The Balaban J connectivity index is 1.54. The Kier molecular flexibility index (Phi) is 5.75. The van der Waals surface area contributed by atoms with E-state index in [0.29, 0.717) is 35.2 Å². The molecule has 0 radical (unpaired) electrons. The summed E-state index contributed by atoms with van der Waals surface area (Å²) in [6.07, 6.45) is 6.16. The Labute approximate surface area is 200 Å². The second-order valence-corrected chi connectivity index (χ2v) is 8.50. The van der Waals surface area contributed by atoms with Crippen LogP contribution in [-0.4, -0.2) is 47.4 Å². The molecule has 4 aromatic rings. The first-order chi connectivity index (χ1) is 17.0. The smallest absolute Gasteiger partial charge is 0.201 e. The van der Waals surface area contributed by atoms with Crippen molar-refractivity contribution in [1.82, 2.24) is 34.3 Å². The lowest BCUT2D eigenvalue weighted by molar-refractivity contribution is 0.209. The highest BCUT2D eigenvalue weighted by atomic mass is 19.1. The van der Waals surface area contributed by atoms with Gasteiger partial charge in [0.15, 0.2) is 6.19 Å². The van der Waals surface area contributed by atoms with Gasteiger partial charge in [-0.25, -0.2) is 14.1 Å². The first-order valence-electron chi connectivity index (χ1n) is 11.2. The predicted molar refractivity (Wildman–Crippen MR) is 122 cm³/mol. The average molecular weight is 472 g/mol. The van der Waals surface area contributed by atoms with Gasteiger partial charge in [-0.15, -0.1) is 5.10 Å². The molecule has 5 rings (SSSR count). The highest BCUT2D eigenvalue weighted by molar-refractivity contribution is 5.68. The first-order valence-corrected chi connectivity index (χ1v) is 11.2. The quantitative estimate of drug-likeness (QED) is 0.405. The van der Waals surface area contributed by atoms with Crippen molar-refractivity contribution in [3.05, 3.63) is 59.6 Å². The normalized spacial score (nSPS) is 16.6. The number of piperidine rings is 1. The summed E-state index contributed by atoms with van der Waals surface area (Å²) < 4.78 is 23.0. The minimum Gasteiger partial charge on any atom is -0.469 e. The summed E-state index contributed by atoms with van der Waals surface area (Å²) >= 11 is 0. The molecule has 1 fully saturated rings. The number of nitriles is 2. The van der Waals surface area contributed by atoms with E-state index in [2.05, 4.69) is 32.5 Å². The number of rotatable bonds is 5. The minimum atomic E-state index is -0.515. The third-order valence-electron chi connectivity index (χ3n) is 6.24. The van der Waals surface area contributed by atoms with Crippen molar-refractivity contribution in [1.29, 1.82) is 10.5 Å². The summed E-state index contributed by atoms with van der Waals surface area (Å²) in [7, 11) is 0. The zero-order valence-electron chi connectivity index (χ0n) is 19.3. The van der Waals surface area contributed by atoms with Crippen molar-refractivity contribution in [3.63, 3.8) is 0 Å². The Hall–Kier alpha value is -4.51. The number of aromatic nitrogens is 6. The molecule has 5 heterocycles. The molecule has 10 nitrogen and oxygen atoms in total. The maximum Gasteiger partial charge on any atom is 0.201 e. The summed E-state index contributed by atoms with van der Waals surface area (Å²) in [5.41, 5.74) is 3.66. The Bertz CT molecular complexity index is 1460.